The fraction of sp³-hybridized carbons (Fsp3) is 0.111. The van der Waals surface area contributed by atoms with E-state index in [-0.39, 0.29) is 5.82 Å². The van der Waals surface area contributed by atoms with Crippen LogP contribution in [-0.2, 0) is 5.75 Å². The molecule has 0 amide bonds. The molecule has 0 aliphatic carbocycles. The Kier molecular flexibility index (Phi) is 5.12. The molecule has 136 valence electrons. The molecule has 2 aromatic heterocycles. The lowest BCUT2D eigenvalue weighted by Gasteiger charge is -2.01. The molecule has 0 atom stereocenters. The summed E-state index contributed by atoms with van der Waals surface area (Å²) < 4.78 is 19.0. The standard InChI is InChI=1S/C18H14FN5OS2/c1-11-2-8-14(9-3-11)20-17-22-23-18(27-17)26-10-15-21-16(25-24-15)12-4-6-13(19)7-5-12/h2-9H,10H2,1H3,(H,20,22). The topological polar surface area (TPSA) is 76.7 Å². The van der Waals surface area contributed by atoms with E-state index in [4.69, 9.17) is 4.52 Å². The second-order valence-corrected chi connectivity index (χ2v) is 7.88. The van der Waals surface area contributed by atoms with Gasteiger partial charge in [-0.1, -0.05) is 46.0 Å². The summed E-state index contributed by atoms with van der Waals surface area (Å²) in [5.41, 5.74) is 2.85. The molecule has 0 saturated carbocycles. The lowest BCUT2D eigenvalue weighted by atomic mass is 10.2. The molecule has 0 radical (unpaired) electrons. The largest absolute Gasteiger partial charge is 0.334 e. The number of nitrogens with zero attached hydrogens (tertiary/aromatic N) is 4. The summed E-state index contributed by atoms with van der Waals surface area (Å²) >= 11 is 2.94. The molecule has 9 heteroatoms. The summed E-state index contributed by atoms with van der Waals surface area (Å²) in [5, 5.41) is 16.2. The van der Waals surface area contributed by atoms with E-state index in [1.54, 1.807) is 12.1 Å². The Labute approximate surface area is 162 Å². The quantitative estimate of drug-likeness (QED) is 0.454. The van der Waals surface area contributed by atoms with Crippen LogP contribution in [-0.4, -0.2) is 20.3 Å². The van der Waals surface area contributed by atoms with Crippen LogP contribution in [0.1, 0.15) is 11.4 Å². The van der Waals surface area contributed by atoms with E-state index in [9.17, 15) is 4.39 Å². The summed E-state index contributed by atoms with van der Waals surface area (Å²) in [6, 6.07) is 14.0. The number of aromatic nitrogens is 4. The van der Waals surface area contributed by atoms with E-state index in [0.717, 1.165) is 15.2 Å². The van der Waals surface area contributed by atoms with Gasteiger partial charge in [0.2, 0.25) is 5.13 Å². The van der Waals surface area contributed by atoms with Crippen LogP contribution < -0.4 is 5.32 Å². The number of thioether (sulfide) groups is 1. The number of hydrogen-bond acceptors (Lipinski definition) is 8. The summed E-state index contributed by atoms with van der Waals surface area (Å²) in [4.78, 5) is 4.33. The summed E-state index contributed by atoms with van der Waals surface area (Å²) in [5.74, 6) is 1.11. The van der Waals surface area contributed by atoms with Crippen molar-refractivity contribution in [3.8, 4) is 11.5 Å². The van der Waals surface area contributed by atoms with E-state index in [2.05, 4.69) is 25.7 Å². The van der Waals surface area contributed by atoms with Gasteiger partial charge in [-0.15, -0.1) is 10.2 Å². The molecule has 0 bridgehead atoms. The zero-order valence-corrected chi connectivity index (χ0v) is 15.9. The van der Waals surface area contributed by atoms with Gasteiger partial charge in [-0.05, 0) is 43.3 Å². The summed E-state index contributed by atoms with van der Waals surface area (Å²) in [6.45, 7) is 2.04. The molecule has 0 aliphatic rings. The number of aryl methyl sites for hydroxylation is 1. The van der Waals surface area contributed by atoms with Crippen LogP contribution >= 0.6 is 23.1 Å². The maximum absolute atomic E-state index is 13.0. The van der Waals surface area contributed by atoms with Gasteiger partial charge in [-0.3, -0.25) is 0 Å². The molecule has 4 aromatic rings. The first-order valence-corrected chi connectivity index (χ1v) is 9.84. The highest BCUT2D eigenvalue weighted by atomic mass is 32.2. The van der Waals surface area contributed by atoms with Gasteiger partial charge < -0.3 is 9.84 Å². The number of benzene rings is 2. The van der Waals surface area contributed by atoms with Gasteiger partial charge >= 0.3 is 0 Å². The van der Waals surface area contributed by atoms with Crippen LogP contribution in [0.2, 0.25) is 0 Å². The van der Waals surface area contributed by atoms with Gasteiger partial charge in [0.05, 0.1) is 5.75 Å². The molecule has 27 heavy (non-hydrogen) atoms. The van der Waals surface area contributed by atoms with E-state index in [1.807, 2.05) is 31.2 Å². The Bertz CT molecular complexity index is 1030. The van der Waals surface area contributed by atoms with Gasteiger partial charge in [-0.25, -0.2) is 4.39 Å². The van der Waals surface area contributed by atoms with Crippen LogP contribution in [0.25, 0.3) is 11.5 Å². The molecular formula is C18H14FN5OS2. The molecule has 0 fully saturated rings. The molecule has 0 spiro atoms. The van der Waals surface area contributed by atoms with Crippen molar-refractivity contribution in [3.63, 3.8) is 0 Å². The zero-order chi connectivity index (χ0) is 18.6. The van der Waals surface area contributed by atoms with Crippen molar-refractivity contribution in [2.24, 2.45) is 0 Å². The summed E-state index contributed by atoms with van der Waals surface area (Å²) in [6.07, 6.45) is 0. The van der Waals surface area contributed by atoms with E-state index >= 15 is 0 Å². The van der Waals surface area contributed by atoms with Crippen molar-refractivity contribution < 1.29 is 8.91 Å². The van der Waals surface area contributed by atoms with Crippen LogP contribution in [0.4, 0.5) is 15.2 Å². The lowest BCUT2D eigenvalue weighted by Crippen LogP contribution is -1.88. The smallest absolute Gasteiger partial charge is 0.257 e. The molecule has 0 saturated heterocycles. The Morgan fingerprint density at radius 2 is 1.85 bits per heavy atom. The molecular weight excluding hydrogens is 385 g/mol. The predicted octanol–water partition coefficient (Wildman–Crippen LogP) is 5.07. The average molecular weight is 399 g/mol. The average Bonchev–Trinajstić information content (AvgIpc) is 3.32. The number of rotatable bonds is 6. The molecule has 1 N–H and O–H groups in total. The van der Waals surface area contributed by atoms with Crippen LogP contribution in [0.15, 0.2) is 57.4 Å². The molecule has 0 unspecified atom stereocenters. The minimum Gasteiger partial charge on any atom is -0.334 e. The summed E-state index contributed by atoms with van der Waals surface area (Å²) in [7, 11) is 0. The highest BCUT2D eigenvalue weighted by molar-refractivity contribution is 8.00. The monoisotopic (exact) mass is 399 g/mol. The highest BCUT2D eigenvalue weighted by Crippen LogP contribution is 2.30. The van der Waals surface area contributed by atoms with Crippen molar-refractivity contribution in [2.45, 2.75) is 17.0 Å². The molecule has 4 rings (SSSR count). The minimum absolute atomic E-state index is 0.305. The van der Waals surface area contributed by atoms with Crippen molar-refractivity contribution in [3.05, 3.63) is 65.7 Å². The fourth-order valence-electron chi connectivity index (χ4n) is 2.23. The lowest BCUT2D eigenvalue weighted by molar-refractivity contribution is 0.425. The maximum Gasteiger partial charge on any atom is 0.257 e. The zero-order valence-electron chi connectivity index (χ0n) is 14.2. The van der Waals surface area contributed by atoms with E-state index in [1.165, 1.54) is 40.8 Å². The molecule has 6 nitrogen and oxygen atoms in total. The van der Waals surface area contributed by atoms with Crippen molar-refractivity contribution in [1.82, 2.24) is 20.3 Å². The predicted molar refractivity (Wildman–Crippen MR) is 104 cm³/mol. The number of hydrogen-bond donors (Lipinski definition) is 1. The van der Waals surface area contributed by atoms with Gasteiger partial charge in [-0.2, -0.15) is 4.98 Å². The first-order chi connectivity index (χ1) is 13.2. The second-order valence-electron chi connectivity index (χ2n) is 5.68. The fourth-order valence-corrected chi connectivity index (χ4v) is 3.84. The van der Waals surface area contributed by atoms with E-state index < -0.39 is 0 Å². The van der Waals surface area contributed by atoms with Crippen molar-refractivity contribution in [1.29, 1.82) is 0 Å². The Hall–Kier alpha value is -2.78. The van der Waals surface area contributed by atoms with Gasteiger partial charge in [0.15, 0.2) is 10.2 Å². The van der Waals surface area contributed by atoms with Crippen LogP contribution in [0.3, 0.4) is 0 Å². The van der Waals surface area contributed by atoms with Crippen molar-refractivity contribution in [2.75, 3.05) is 5.32 Å². The Morgan fingerprint density at radius 1 is 1.07 bits per heavy atom. The maximum atomic E-state index is 13.0. The normalized spacial score (nSPS) is 10.9. The SMILES string of the molecule is Cc1ccc(Nc2nnc(SCc3noc(-c4ccc(F)cc4)n3)s2)cc1. The first kappa shape index (κ1) is 17.6. The van der Waals surface area contributed by atoms with Gasteiger partial charge in [0.1, 0.15) is 5.82 Å². The minimum atomic E-state index is -0.305. The third kappa shape index (κ3) is 4.50. The number of nitrogens with one attached hydrogen (secondary N) is 1. The second kappa shape index (κ2) is 7.85. The molecule has 2 aromatic carbocycles. The van der Waals surface area contributed by atoms with Crippen LogP contribution in [0.5, 0.6) is 0 Å². The van der Waals surface area contributed by atoms with Gasteiger partial charge in [0, 0.05) is 11.3 Å². The van der Waals surface area contributed by atoms with Crippen LogP contribution in [0, 0.1) is 12.7 Å². The number of halogens is 1. The Balaban J connectivity index is 1.36. The third-order valence-electron chi connectivity index (χ3n) is 3.59. The van der Waals surface area contributed by atoms with Crippen molar-refractivity contribution >= 4 is 33.9 Å². The van der Waals surface area contributed by atoms with Gasteiger partial charge in [0.25, 0.3) is 5.89 Å². The third-order valence-corrected chi connectivity index (χ3v) is 5.56. The highest BCUT2D eigenvalue weighted by Gasteiger charge is 2.11. The molecule has 2 heterocycles. The Morgan fingerprint density at radius 3 is 2.63 bits per heavy atom. The first-order valence-electron chi connectivity index (χ1n) is 8.04. The number of anilines is 2. The molecule has 0 aliphatic heterocycles. The van der Waals surface area contributed by atoms with E-state index in [0.29, 0.717) is 23.0 Å².